The first-order chi connectivity index (χ1) is 9.41. The van der Waals surface area contributed by atoms with Gasteiger partial charge in [0, 0.05) is 6.04 Å². The summed E-state index contributed by atoms with van der Waals surface area (Å²) in [4.78, 5) is 12.0. The Kier molecular flexibility index (Phi) is 4.55. The van der Waals surface area contributed by atoms with Gasteiger partial charge in [0.15, 0.2) is 9.84 Å². The molecule has 0 aliphatic carbocycles. The average molecular weight is 318 g/mol. The second-order valence-electron chi connectivity index (χ2n) is 4.74. The van der Waals surface area contributed by atoms with E-state index in [4.69, 9.17) is 16.3 Å². The fourth-order valence-electron chi connectivity index (χ4n) is 2.11. The second kappa shape index (κ2) is 6.01. The molecule has 0 bridgehead atoms. The van der Waals surface area contributed by atoms with Crippen LogP contribution in [0.3, 0.4) is 0 Å². The molecule has 0 aromatic heterocycles. The number of benzene rings is 1. The zero-order chi connectivity index (χ0) is 14.8. The van der Waals surface area contributed by atoms with E-state index in [2.05, 4.69) is 5.32 Å². The van der Waals surface area contributed by atoms with Crippen molar-refractivity contribution in [2.75, 3.05) is 18.6 Å². The second-order valence-corrected chi connectivity index (χ2v) is 7.41. The molecule has 1 aliphatic rings. The predicted molar refractivity (Wildman–Crippen MR) is 76.8 cm³/mol. The highest BCUT2D eigenvalue weighted by molar-refractivity contribution is 7.91. The van der Waals surface area contributed by atoms with Gasteiger partial charge in [0.1, 0.15) is 11.1 Å². The van der Waals surface area contributed by atoms with Crippen molar-refractivity contribution in [3.63, 3.8) is 0 Å². The van der Waals surface area contributed by atoms with Crippen LogP contribution in [0.5, 0.6) is 5.75 Å². The van der Waals surface area contributed by atoms with Crippen LogP contribution in [0.2, 0.25) is 0 Å². The topological polar surface area (TPSA) is 72.5 Å². The molecule has 1 fully saturated rings. The van der Waals surface area contributed by atoms with E-state index in [0.29, 0.717) is 17.7 Å². The molecule has 1 aliphatic heterocycles. The van der Waals surface area contributed by atoms with E-state index >= 15 is 0 Å². The number of methoxy groups -OCH3 is 1. The number of carbonyl (C=O) groups excluding carboxylic acids is 1. The molecule has 1 amide bonds. The minimum Gasteiger partial charge on any atom is -0.497 e. The maximum Gasteiger partial charge on any atom is 0.242 e. The lowest BCUT2D eigenvalue weighted by molar-refractivity contribution is -0.121. The number of amides is 1. The van der Waals surface area contributed by atoms with E-state index in [1.54, 1.807) is 31.4 Å². The van der Waals surface area contributed by atoms with Crippen LogP contribution in [0.15, 0.2) is 24.3 Å². The van der Waals surface area contributed by atoms with Crippen LogP contribution in [0.4, 0.5) is 0 Å². The maximum absolute atomic E-state index is 12.0. The van der Waals surface area contributed by atoms with Gasteiger partial charge in [-0.25, -0.2) is 8.42 Å². The molecule has 2 atom stereocenters. The first-order valence-corrected chi connectivity index (χ1v) is 8.46. The highest BCUT2D eigenvalue weighted by Gasteiger charge is 2.30. The summed E-state index contributed by atoms with van der Waals surface area (Å²) in [6.45, 7) is 0. The smallest absolute Gasteiger partial charge is 0.242 e. The van der Waals surface area contributed by atoms with Gasteiger partial charge in [-0.2, -0.15) is 0 Å². The summed E-state index contributed by atoms with van der Waals surface area (Å²) in [6.07, 6.45) is 0.445. The number of alkyl halides is 1. The Hall–Kier alpha value is -1.27. The van der Waals surface area contributed by atoms with E-state index in [-0.39, 0.29) is 23.5 Å². The summed E-state index contributed by atoms with van der Waals surface area (Å²) >= 11 is 6.10. The summed E-state index contributed by atoms with van der Waals surface area (Å²) in [5.41, 5.74) is 0.644. The van der Waals surface area contributed by atoms with Crippen LogP contribution in [0, 0.1) is 0 Å². The minimum atomic E-state index is -3.01. The molecule has 0 spiro atoms. The lowest BCUT2D eigenvalue weighted by Gasteiger charge is -2.15. The van der Waals surface area contributed by atoms with Crippen LogP contribution in [0.1, 0.15) is 17.4 Å². The summed E-state index contributed by atoms with van der Waals surface area (Å²) in [5.74, 6) is 0.414. The number of carbonyl (C=O) groups is 1. The molecule has 110 valence electrons. The van der Waals surface area contributed by atoms with Crippen molar-refractivity contribution in [2.45, 2.75) is 17.8 Å². The molecule has 20 heavy (non-hydrogen) atoms. The standard InChI is InChI=1S/C13H16ClNO4S/c1-19-11-4-2-9(3-5-11)12(14)13(16)15-10-6-7-20(17,18)8-10/h2-5,10,12H,6-8H2,1H3,(H,15,16). The molecule has 1 heterocycles. The van der Waals surface area contributed by atoms with E-state index in [9.17, 15) is 13.2 Å². The minimum absolute atomic E-state index is 0.00897. The molecule has 1 aromatic carbocycles. The summed E-state index contributed by atoms with van der Waals surface area (Å²) in [6, 6.07) is 6.52. The van der Waals surface area contributed by atoms with Crippen LogP contribution in [-0.2, 0) is 14.6 Å². The van der Waals surface area contributed by atoms with Gasteiger partial charge in [-0.3, -0.25) is 4.79 Å². The van der Waals surface area contributed by atoms with Crippen molar-refractivity contribution in [1.82, 2.24) is 5.32 Å². The molecule has 2 rings (SSSR count). The normalized spacial score (nSPS) is 22.2. The summed E-state index contributed by atoms with van der Waals surface area (Å²) < 4.78 is 27.7. The largest absolute Gasteiger partial charge is 0.497 e. The van der Waals surface area contributed by atoms with Gasteiger partial charge in [0.2, 0.25) is 5.91 Å². The van der Waals surface area contributed by atoms with Crippen molar-refractivity contribution in [3.8, 4) is 5.75 Å². The predicted octanol–water partition coefficient (Wildman–Crippen LogP) is 1.28. The Morgan fingerprint density at radius 2 is 2.05 bits per heavy atom. The lowest BCUT2D eigenvalue weighted by Crippen LogP contribution is -2.37. The number of ether oxygens (including phenoxy) is 1. The quantitative estimate of drug-likeness (QED) is 0.849. The van der Waals surface area contributed by atoms with E-state index < -0.39 is 15.2 Å². The Morgan fingerprint density at radius 1 is 1.40 bits per heavy atom. The monoisotopic (exact) mass is 317 g/mol. The Morgan fingerprint density at radius 3 is 2.55 bits per heavy atom. The van der Waals surface area contributed by atoms with Crippen LogP contribution >= 0.6 is 11.6 Å². The third kappa shape index (κ3) is 3.64. The number of sulfone groups is 1. The zero-order valence-electron chi connectivity index (χ0n) is 11.0. The van der Waals surface area contributed by atoms with E-state index in [1.807, 2.05) is 0 Å². The number of hydrogen-bond acceptors (Lipinski definition) is 4. The first-order valence-electron chi connectivity index (χ1n) is 6.20. The van der Waals surface area contributed by atoms with Gasteiger partial charge in [-0.05, 0) is 24.1 Å². The van der Waals surface area contributed by atoms with Crippen LogP contribution in [0.25, 0.3) is 0 Å². The maximum atomic E-state index is 12.0. The number of rotatable bonds is 4. The highest BCUT2D eigenvalue weighted by atomic mass is 35.5. The van der Waals surface area contributed by atoms with Crippen molar-refractivity contribution in [1.29, 1.82) is 0 Å². The molecule has 2 unspecified atom stereocenters. The van der Waals surface area contributed by atoms with Crippen molar-refractivity contribution < 1.29 is 17.9 Å². The van der Waals surface area contributed by atoms with Gasteiger partial charge < -0.3 is 10.1 Å². The lowest BCUT2D eigenvalue weighted by atomic mass is 10.1. The van der Waals surface area contributed by atoms with Gasteiger partial charge in [-0.15, -0.1) is 11.6 Å². The number of nitrogens with one attached hydrogen (secondary N) is 1. The molecule has 0 radical (unpaired) electrons. The number of halogens is 1. The van der Waals surface area contributed by atoms with Gasteiger partial charge >= 0.3 is 0 Å². The summed E-state index contributed by atoms with van der Waals surface area (Å²) in [7, 11) is -1.46. The SMILES string of the molecule is COc1ccc(C(Cl)C(=O)NC2CCS(=O)(=O)C2)cc1. The van der Waals surface area contributed by atoms with Gasteiger partial charge in [0.25, 0.3) is 0 Å². The van der Waals surface area contributed by atoms with E-state index in [1.165, 1.54) is 0 Å². The molecule has 1 N–H and O–H groups in total. The third-order valence-corrected chi connectivity index (χ3v) is 5.44. The molecule has 1 saturated heterocycles. The van der Waals surface area contributed by atoms with Crippen molar-refractivity contribution in [2.24, 2.45) is 0 Å². The van der Waals surface area contributed by atoms with Crippen LogP contribution in [-0.4, -0.2) is 39.0 Å². The third-order valence-electron chi connectivity index (χ3n) is 3.22. The van der Waals surface area contributed by atoms with Crippen LogP contribution < -0.4 is 10.1 Å². The highest BCUT2D eigenvalue weighted by Crippen LogP contribution is 2.24. The molecule has 1 aromatic rings. The zero-order valence-corrected chi connectivity index (χ0v) is 12.6. The Balaban J connectivity index is 1.98. The molecule has 0 saturated carbocycles. The van der Waals surface area contributed by atoms with Gasteiger partial charge in [0.05, 0.1) is 18.6 Å². The molecular formula is C13H16ClNO4S. The molecule has 7 heteroatoms. The van der Waals surface area contributed by atoms with Crippen molar-refractivity contribution in [3.05, 3.63) is 29.8 Å². The Labute approximate surface area is 123 Å². The fourth-order valence-corrected chi connectivity index (χ4v) is 3.99. The first kappa shape index (κ1) is 15.1. The molecule has 5 nitrogen and oxygen atoms in total. The summed E-state index contributed by atoms with van der Waals surface area (Å²) in [5, 5.41) is 1.84. The number of hydrogen-bond donors (Lipinski definition) is 1. The fraction of sp³-hybridized carbons (Fsp3) is 0.462. The Bertz CT molecular complexity index is 585. The van der Waals surface area contributed by atoms with Gasteiger partial charge in [-0.1, -0.05) is 12.1 Å². The average Bonchev–Trinajstić information content (AvgIpc) is 2.77. The van der Waals surface area contributed by atoms with Crippen molar-refractivity contribution >= 4 is 27.3 Å². The molecular weight excluding hydrogens is 302 g/mol. The van der Waals surface area contributed by atoms with E-state index in [0.717, 1.165) is 0 Å².